The second-order valence-electron chi connectivity index (χ2n) is 11.1. The smallest absolute Gasteiger partial charge is 0.266 e. The molecule has 3 fully saturated rings. The van der Waals surface area contributed by atoms with E-state index in [0.29, 0.717) is 22.4 Å². The fourth-order valence-corrected chi connectivity index (χ4v) is 7.73. The second kappa shape index (κ2) is 7.26. The highest BCUT2D eigenvalue weighted by Gasteiger charge is 2.73. The van der Waals surface area contributed by atoms with Gasteiger partial charge in [-0.05, 0) is 74.7 Å². The molecule has 2 amide bonds. The lowest BCUT2D eigenvalue weighted by Gasteiger charge is -2.38. The summed E-state index contributed by atoms with van der Waals surface area (Å²) in [4.78, 5) is 51.5. The minimum Gasteiger partial charge on any atom is -0.283 e. The number of carbonyl (C=O) groups is 2. The summed E-state index contributed by atoms with van der Waals surface area (Å²) in [6.45, 7) is 4.77. The third-order valence-electron chi connectivity index (χ3n) is 9.39. The van der Waals surface area contributed by atoms with Crippen LogP contribution in [0.4, 0.5) is 5.69 Å². The number of hydrogen-bond acceptors (Lipinski definition) is 5. The first-order valence-corrected chi connectivity index (χ1v) is 13.3. The molecule has 3 saturated heterocycles. The van der Waals surface area contributed by atoms with Gasteiger partial charge in [-0.1, -0.05) is 36.4 Å². The topological polar surface area (TPSA) is 75.5 Å². The summed E-state index contributed by atoms with van der Waals surface area (Å²) in [5.41, 5.74) is 3.90. The van der Waals surface area contributed by atoms with Crippen LogP contribution in [0.2, 0.25) is 0 Å². The number of benzene rings is 3. The van der Waals surface area contributed by atoms with Crippen molar-refractivity contribution < 1.29 is 9.59 Å². The van der Waals surface area contributed by atoms with E-state index in [9.17, 15) is 14.4 Å². The van der Waals surface area contributed by atoms with Gasteiger partial charge in [0.05, 0.1) is 34.1 Å². The van der Waals surface area contributed by atoms with Crippen LogP contribution >= 0.6 is 0 Å². The first-order chi connectivity index (χ1) is 18.4. The number of anilines is 1. The van der Waals surface area contributed by atoms with Crippen molar-refractivity contribution in [3.8, 4) is 5.69 Å². The Morgan fingerprint density at radius 2 is 1.68 bits per heavy atom. The van der Waals surface area contributed by atoms with E-state index in [1.807, 2.05) is 74.5 Å². The van der Waals surface area contributed by atoms with Gasteiger partial charge in [0.25, 0.3) is 5.56 Å². The Hall–Kier alpha value is -4.10. The monoisotopic (exact) mass is 502 g/mol. The first-order valence-electron chi connectivity index (χ1n) is 13.3. The molecule has 8 rings (SSSR count). The molecule has 0 aliphatic carbocycles. The van der Waals surface area contributed by atoms with Gasteiger partial charge in [0.1, 0.15) is 11.4 Å². The zero-order chi connectivity index (χ0) is 25.9. The van der Waals surface area contributed by atoms with Gasteiger partial charge in [-0.3, -0.25) is 23.9 Å². The number of carbonyl (C=O) groups excluding carboxylic acids is 2. The maximum Gasteiger partial charge on any atom is 0.266 e. The number of fused-ring (bicyclic) bond motifs is 11. The van der Waals surface area contributed by atoms with E-state index in [2.05, 4.69) is 4.90 Å². The molecule has 4 aromatic rings. The highest BCUT2D eigenvalue weighted by molar-refractivity contribution is 6.23. The van der Waals surface area contributed by atoms with Crippen LogP contribution in [0.15, 0.2) is 71.5 Å². The first kappa shape index (κ1) is 21.9. The predicted molar refractivity (Wildman–Crippen MR) is 143 cm³/mol. The van der Waals surface area contributed by atoms with Crippen LogP contribution in [0, 0.1) is 25.7 Å². The molecule has 7 nitrogen and oxygen atoms in total. The standard InChI is InChI=1S/C31H26N4O3/c1-17-13-14-19(16-18(17)2)34-28(37)25-24-12-7-15-33(24)31(26(25)29(34)38)21-9-4-6-11-23(21)35-27(36)20-8-3-5-10-22(20)32-30(31)35/h3-6,8-11,13-14,16,24-26H,7,12,15H2,1-2H3/t24-,25+,26-,31-/m1/s1. The maximum absolute atomic E-state index is 14.5. The Bertz CT molecular complexity index is 1790. The zero-order valence-corrected chi connectivity index (χ0v) is 21.2. The molecule has 4 aliphatic heterocycles. The van der Waals surface area contributed by atoms with E-state index in [1.165, 1.54) is 4.90 Å². The van der Waals surface area contributed by atoms with Gasteiger partial charge in [-0.2, -0.15) is 0 Å². The minimum atomic E-state index is -0.979. The number of amides is 2. The molecule has 4 atom stereocenters. The van der Waals surface area contributed by atoms with Gasteiger partial charge in [0, 0.05) is 11.6 Å². The zero-order valence-electron chi connectivity index (χ0n) is 21.2. The molecule has 0 bridgehead atoms. The summed E-state index contributed by atoms with van der Waals surface area (Å²) in [5, 5.41) is 0.543. The summed E-state index contributed by atoms with van der Waals surface area (Å²) in [5.74, 6) is -0.941. The van der Waals surface area contributed by atoms with Crippen LogP contribution in [-0.4, -0.2) is 38.9 Å². The summed E-state index contributed by atoms with van der Waals surface area (Å²) in [6.07, 6.45) is 1.77. The molecular weight excluding hydrogens is 476 g/mol. The molecule has 3 aromatic carbocycles. The van der Waals surface area contributed by atoms with Crippen LogP contribution in [0.25, 0.3) is 16.6 Å². The van der Waals surface area contributed by atoms with Gasteiger partial charge in [-0.15, -0.1) is 0 Å². The summed E-state index contributed by atoms with van der Waals surface area (Å²) in [7, 11) is 0. The number of hydrogen-bond donors (Lipinski definition) is 0. The fourth-order valence-electron chi connectivity index (χ4n) is 7.73. The third kappa shape index (κ3) is 2.39. The van der Waals surface area contributed by atoms with E-state index >= 15 is 0 Å². The quantitative estimate of drug-likeness (QED) is 0.370. The third-order valence-corrected chi connectivity index (χ3v) is 9.39. The van der Waals surface area contributed by atoms with Gasteiger partial charge < -0.3 is 0 Å². The van der Waals surface area contributed by atoms with Crippen LogP contribution in [0.1, 0.15) is 35.4 Å². The van der Waals surface area contributed by atoms with E-state index in [4.69, 9.17) is 4.98 Å². The van der Waals surface area contributed by atoms with Crippen LogP contribution < -0.4 is 10.5 Å². The number of rotatable bonds is 1. The molecule has 1 spiro atoms. The van der Waals surface area contributed by atoms with Gasteiger partial charge in [0.15, 0.2) is 0 Å². The predicted octanol–water partition coefficient (Wildman–Crippen LogP) is 3.84. The van der Waals surface area contributed by atoms with E-state index in [0.717, 1.165) is 41.8 Å². The molecular formula is C31H26N4O3. The minimum absolute atomic E-state index is 0.0871. The van der Waals surface area contributed by atoms with E-state index < -0.39 is 17.4 Å². The lowest BCUT2D eigenvalue weighted by Crippen LogP contribution is -2.51. The van der Waals surface area contributed by atoms with Crippen molar-refractivity contribution in [3.05, 3.63) is 99.6 Å². The molecule has 38 heavy (non-hydrogen) atoms. The highest BCUT2D eigenvalue weighted by Crippen LogP contribution is 2.62. The SMILES string of the molecule is Cc1ccc(N2C(=O)[C@H]3[C@H]4CCCN4[C@]4(c5ccccc5-n5c4nc4ccccc4c5=O)[C@H]3C2=O)cc1C. The van der Waals surface area contributed by atoms with Gasteiger partial charge in [-0.25, -0.2) is 9.88 Å². The number of imide groups is 1. The van der Waals surface area contributed by atoms with Crippen LogP contribution in [-0.2, 0) is 15.1 Å². The summed E-state index contributed by atoms with van der Waals surface area (Å²) >= 11 is 0. The van der Waals surface area contributed by atoms with Crippen molar-refractivity contribution in [3.63, 3.8) is 0 Å². The largest absolute Gasteiger partial charge is 0.283 e. The molecule has 0 N–H and O–H groups in total. The lowest BCUT2D eigenvalue weighted by atomic mass is 9.75. The molecule has 0 radical (unpaired) electrons. The number of nitrogens with zero attached hydrogens (tertiary/aromatic N) is 4. The second-order valence-corrected chi connectivity index (χ2v) is 11.1. The summed E-state index contributed by atoms with van der Waals surface area (Å²) < 4.78 is 1.70. The number of aromatic nitrogens is 2. The normalized spacial score (nSPS) is 27.3. The average Bonchev–Trinajstić information content (AvgIpc) is 3.63. The van der Waals surface area contributed by atoms with Crippen molar-refractivity contribution in [1.29, 1.82) is 0 Å². The Labute approximate surface area is 219 Å². The van der Waals surface area contributed by atoms with Gasteiger partial charge >= 0.3 is 0 Å². The van der Waals surface area contributed by atoms with E-state index in [1.54, 1.807) is 10.6 Å². The van der Waals surface area contributed by atoms with Crippen LogP contribution in [0.3, 0.4) is 0 Å². The van der Waals surface area contributed by atoms with Crippen molar-refractivity contribution in [2.45, 2.75) is 38.3 Å². The highest BCUT2D eigenvalue weighted by atomic mass is 16.2. The number of para-hydroxylation sites is 2. The van der Waals surface area contributed by atoms with Crippen LogP contribution in [0.5, 0.6) is 0 Å². The van der Waals surface area contributed by atoms with Gasteiger partial charge in [0.2, 0.25) is 11.8 Å². The lowest BCUT2D eigenvalue weighted by molar-refractivity contribution is -0.124. The molecule has 0 unspecified atom stereocenters. The van der Waals surface area contributed by atoms with Crippen molar-refractivity contribution in [2.75, 3.05) is 11.4 Å². The Morgan fingerprint density at radius 1 is 0.895 bits per heavy atom. The molecule has 5 heterocycles. The Morgan fingerprint density at radius 3 is 2.53 bits per heavy atom. The molecule has 7 heteroatoms. The Kier molecular flexibility index (Phi) is 4.19. The van der Waals surface area contributed by atoms with Crippen molar-refractivity contribution in [1.82, 2.24) is 14.5 Å². The van der Waals surface area contributed by atoms with E-state index in [-0.39, 0.29) is 23.4 Å². The molecule has 1 aromatic heterocycles. The summed E-state index contributed by atoms with van der Waals surface area (Å²) in [6, 6.07) is 20.9. The average molecular weight is 503 g/mol. The molecule has 0 saturated carbocycles. The molecule has 188 valence electrons. The van der Waals surface area contributed by atoms with Crippen molar-refractivity contribution in [2.24, 2.45) is 11.8 Å². The number of aryl methyl sites for hydroxylation is 2. The fraction of sp³-hybridized carbons (Fsp3) is 0.290. The Balaban J connectivity index is 1.44. The molecule has 4 aliphatic rings. The maximum atomic E-state index is 14.5. The van der Waals surface area contributed by atoms with Crippen molar-refractivity contribution >= 4 is 28.4 Å².